The van der Waals surface area contributed by atoms with Crippen molar-refractivity contribution in [2.24, 2.45) is 10.8 Å². The molecular weight excluding hydrogens is 657 g/mol. The van der Waals surface area contributed by atoms with Gasteiger partial charge in [-0.25, -0.2) is 0 Å². The summed E-state index contributed by atoms with van der Waals surface area (Å²) in [6.45, 7) is 20.1. The molecule has 0 heterocycles. The molecule has 5 rings (SSSR count). The van der Waals surface area contributed by atoms with E-state index >= 15 is 0 Å². The minimum absolute atomic E-state index is 0.626. The monoisotopic (exact) mass is 706 g/mol. The minimum Gasteiger partial charge on any atom is -0.373 e. The lowest BCUT2D eigenvalue weighted by Gasteiger charge is -2.38. The lowest BCUT2D eigenvalue weighted by atomic mass is 9.70. The largest absolute Gasteiger partial charge is 0.373 e. The van der Waals surface area contributed by atoms with Gasteiger partial charge in [-0.05, 0) is 110 Å². The Hall–Kier alpha value is -5.74. The Balaban J connectivity index is 1.50. The molecule has 0 amide bonds. The molecule has 0 aliphatic carbocycles. The molecule has 5 aromatic carbocycles. The highest BCUT2D eigenvalue weighted by molar-refractivity contribution is 5.56. The first-order valence-corrected chi connectivity index (χ1v) is 18.4. The number of aryl methyl sites for hydroxylation is 4. The summed E-state index contributed by atoms with van der Waals surface area (Å²) in [7, 11) is 0. The molecule has 270 valence electrons. The molecule has 0 aliphatic rings. The fraction of sp³-hybridized carbons (Fsp3) is 0.269. The van der Waals surface area contributed by atoms with Crippen molar-refractivity contribution in [2.75, 3.05) is 0 Å². The lowest BCUT2D eigenvalue weighted by molar-refractivity contribution is -0.0120. The maximum Gasteiger partial charge on any atom is 0.156 e. The van der Waals surface area contributed by atoms with E-state index in [0.29, 0.717) is 11.1 Å². The maximum absolute atomic E-state index is 12.3. The van der Waals surface area contributed by atoms with Crippen molar-refractivity contribution in [3.05, 3.63) is 176 Å². The van der Waals surface area contributed by atoms with Crippen LogP contribution < -0.4 is 0 Å². The van der Waals surface area contributed by atoms with Crippen LogP contribution in [0.3, 0.4) is 0 Å². The van der Waals surface area contributed by atoms with Gasteiger partial charge in [-0.2, -0.15) is 0 Å². The highest BCUT2D eigenvalue weighted by Gasteiger charge is 2.43. The van der Waals surface area contributed by atoms with Crippen molar-refractivity contribution in [1.29, 1.82) is 0 Å². The molecular formula is C52H50O2. The zero-order valence-corrected chi connectivity index (χ0v) is 33.3. The predicted molar refractivity (Wildman–Crippen MR) is 224 cm³/mol. The fourth-order valence-corrected chi connectivity index (χ4v) is 6.43. The molecule has 2 nitrogen and oxygen atoms in total. The molecule has 2 N–H and O–H groups in total. The Bertz CT molecular complexity index is 2220. The second kappa shape index (κ2) is 15.7. The summed E-state index contributed by atoms with van der Waals surface area (Å²) in [4.78, 5) is 0. The summed E-state index contributed by atoms with van der Waals surface area (Å²) in [5.41, 5.74) is 6.57. The van der Waals surface area contributed by atoms with E-state index < -0.39 is 22.0 Å². The van der Waals surface area contributed by atoms with Gasteiger partial charge in [-0.1, -0.05) is 150 Å². The van der Waals surface area contributed by atoms with Gasteiger partial charge in [0.2, 0.25) is 0 Å². The first kappa shape index (κ1) is 39.5. The van der Waals surface area contributed by atoms with Gasteiger partial charge < -0.3 is 10.2 Å². The van der Waals surface area contributed by atoms with Crippen LogP contribution in [0, 0.1) is 85.9 Å². The molecule has 0 saturated carbocycles. The molecule has 0 aromatic heterocycles. The average molecular weight is 707 g/mol. The minimum atomic E-state index is -1.52. The Kier molecular flexibility index (Phi) is 11.5. The van der Waals surface area contributed by atoms with Crippen LogP contribution in [-0.4, -0.2) is 10.2 Å². The number of benzene rings is 5. The molecule has 5 aromatic rings. The number of hydrogen-bond donors (Lipinski definition) is 2. The Morgan fingerprint density at radius 1 is 0.370 bits per heavy atom. The normalized spacial score (nSPS) is 13.3. The summed E-state index contributed by atoms with van der Waals surface area (Å²) in [6.07, 6.45) is 0. The molecule has 0 spiro atoms. The first-order valence-electron chi connectivity index (χ1n) is 18.4. The van der Waals surface area contributed by atoms with E-state index in [1.54, 1.807) is 0 Å². The van der Waals surface area contributed by atoms with E-state index in [1.165, 1.54) is 22.3 Å². The van der Waals surface area contributed by atoms with Gasteiger partial charge in [-0.15, -0.1) is 0 Å². The molecule has 0 saturated heterocycles. The molecule has 54 heavy (non-hydrogen) atoms. The summed E-state index contributed by atoms with van der Waals surface area (Å²) >= 11 is 0. The Labute approximate surface area is 323 Å². The van der Waals surface area contributed by atoms with Crippen molar-refractivity contribution in [3.8, 4) is 47.4 Å². The summed E-state index contributed by atoms with van der Waals surface area (Å²) in [5.74, 6) is 26.2. The van der Waals surface area contributed by atoms with Crippen molar-refractivity contribution in [3.63, 3.8) is 0 Å². The topological polar surface area (TPSA) is 40.5 Å². The van der Waals surface area contributed by atoms with E-state index in [4.69, 9.17) is 0 Å². The Morgan fingerprint density at radius 2 is 0.648 bits per heavy atom. The zero-order valence-electron chi connectivity index (χ0n) is 33.3. The van der Waals surface area contributed by atoms with E-state index in [9.17, 15) is 10.2 Å². The van der Waals surface area contributed by atoms with Crippen LogP contribution in [-0.2, 0) is 11.2 Å². The number of aliphatic hydroxyl groups is 2. The maximum atomic E-state index is 12.3. The zero-order chi connectivity index (χ0) is 39.3. The third-order valence-corrected chi connectivity index (χ3v) is 9.63. The van der Waals surface area contributed by atoms with E-state index in [-0.39, 0.29) is 0 Å². The highest BCUT2D eigenvalue weighted by atomic mass is 16.3. The van der Waals surface area contributed by atoms with Crippen LogP contribution in [0.2, 0.25) is 0 Å². The molecule has 2 atom stereocenters. The van der Waals surface area contributed by atoms with E-state index in [0.717, 1.165) is 33.4 Å². The quantitative estimate of drug-likeness (QED) is 0.180. The SMILES string of the molecule is Cc1cc(C)cc(C#Cc2ccccc2C#C[C@](O)(c2ccc([C@@](O)(C#Cc3ccccc3C#Cc3cc(C)cc(C)c3)C(C)(C)C)cc2)C(C)(C)C)c1. The number of hydrogen-bond acceptors (Lipinski definition) is 2. The van der Waals surface area contributed by atoms with Crippen molar-refractivity contribution in [2.45, 2.75) is 80.4 Å². The van der Waals surface area contributed by atoms with Gasteiger partial charge in [0, 0.05) is 44.2 Å². The van der Waals surface area contributed by atoms with Gasteiger partial charge in [0.1, 0.15) is 0 Å². The van der Waals surface area contributed by atoms with Gasteiger partial charge in [0.25, 0.3) is 0 Å². The Morgan fingerprint density at radius 3 is 0.926 bits per heavy atom. The third kappa shape index (κ3) is 9.06. The van der Waals surface area contributed by atoms with Crippen LogP contribution in [0.25, 0.3) is 0 Å². The predicted octanol–water partition coefficient (Wildman–Crippen LogP) is 10.3. The van der Waals surface area contributed by atoms with Gasteiger partial charge >= 0.3 is 0 Å². The average Bonchev–Trinajstić information content (AvgIpc) is 3.10. The van der Waals surface area contributed by atoms with Crippen molar-refractivity contribution >= 4 is 0 Å². The van der Waals surface area contributed by atoms with Gasteiger partial charge in [-0.3, -0.25) is 0 Å². The molecule has 0 fully saturated rings. The van der Waals surface area contributed by atoms with Crippen LogP contribution in [0.5, 0.6) is 0 Å². The molecule has 0 radical (unpaired) electrons. The summed E-state index contributed by atoms with van der Waals surface area (Å²) < 4.78 is 0. The fourth-order valence-electron chi connectivity index (χ4n) is 6.43. The molecule has 2 heteroatoms. The molecule has 0 unspecified atom stereocenters. The van der Waals surface area contributed by atoms with Gasteiger partial charge in [0.05, 0.1) is 0 Å². The van der Waals surface area contributed by atoms with Crippen LogP contribution >= 0.6 is 0 Å². The number of rotatable bonds is 2. The van der Waals surface area contributed by atoms with E-state index in [2.05, 4.69) is 111 Å². The second-order valence-electron chi connectivity index (χ2n) is 16.3. The van der Waals surface area contributed by atoms with Crippen LogP contribution in [0.15, 0.2) is 109 Å². The standard InChI is InChI=1S/C52H50O2/c1-37-31-38(2)34-41(33-37)19-21-43-15-11-13-17-45(43)27-29-51(53,49(5,6)7)47-23-25-48(26-24-47)52(54,50(8,9)10)30-28-46-18-14-12-16-44(46)22-20-42-35-39(3)32-40(4)36-42/h11-18,23-26,31-36,53-54H,1-10H3/t51-,52-/m0/s1. The smallest absolute Gasteiger partial charge is 0.156 e. The molecule has 0 aliphatic heterocycles. The molecule has 0 bridgehead atoms. The second-order valence-corrected chi connectivity index (χ2v) is 16.3. The highest BCUT2D eigenvalue weighted by Crippen LogP contribution is 2.42. The van der Waals surface area contributed by atoms with Crippen LogP contribution in [0.1, 0.15) is 108 Å². The van der Waals surface area contributed by atoms with E-state index in [1.807, 2.05) is 114 Å². The van der Waals surface area contributed by atoms with Gasteiger partial charge in [0.15, 0.2) is 11.2 Å². The van der Waals surface area contributed by atoms with Crippen LogP contribution in [0.4, 0.5) is 0 Å². The third-order valence-electron chi connectivity index (χ3n) is 9.63. The lowest BCUT2D eigenvalue weighted by Crippen LogP contribution is -2.40. The van der Waals surface area contributed by atoms with Crippen molar-refractivity contribution < 1.29 is 10.2 Å². The summed E-state index contributed by atoms with van der Waals surface area (Å²) in [6, 6.07) is 35.5. The van der Waals surface area contributed by atoms with Crippen molar-refractivity contribution in [1.82, 2.24) is 0 Å². The summed E-state index contributed by atoms with van der Waals surface area (Å²) in [5, 5.41) is 24.7. The first-order chi connectivity index (χ1) is 25.4.